The van der Waals surface area contributed by atoms with Crippen molar-refractivity contribution >= 4 is 37.3 Å². The highest BCUT2D eigenvalue weighted by Gasteiger charge is 2.23. The summed E-state index contributed by atoms with van der Waals surface area (Å²) < 4.78 is 22.3. The second-order valence-corrected chi connectivity index (χ2v) is 10.1. The lowest BCUT2D eigenvalue weighted by Crippen LogP contribution is -2.42. The summed E-state index contributed by atoms with van der Waals surface area (Å²) in [5, 5.41) is 11.4. The van der Waals surface area contributed by atoms with Gasteiger partial charge < -0.3 is 10.4 Å². The normalized spacial score (nSPS) is 12.2. The topological polar surface area (TPSA) is 118 Å². The standard InChI is InChI=1S/C18H17NO6S2/c1-27(24,25)26-11-15(18(22)23)19-17(21)14-9-7-13(8-10-14)16(20)12-5-3-2-4-6-12/h2-10,15H,11H2,1H3,(H,19,21)(H,22,23). The van der Waals surface area contributed by atoms with E-state index in [0.29, 0.717) is 21.9 Å². The number of rotatable bonds is 8. The SMILES string of the molecule is CS(=O)(=O)SCC(NC(=O)c1ccc(C(=O)c2ccccc2)cc1)C(=O)O. The predicted molar refractivity (Wildman–Crippen MR) is 103 cm³/mol. The van der Waals surface area contributed by atoms with Crippen LogP contribution >= 0.6 is 10.8 Å². The number of ketones is 1. The zero-order valence-corrected chi connectivity index (χ0v) is 15.9. The first-order chi connectivity index (χ1) is 12.7. The van der Waals surface area contributed by atoms with Gasteiger partial charge in [0.1, 0.15) is 6.04 Å². The van der Waals surface area contributed by atoms with Crippen LogP contribution in [0.3, 0.4) is 0 Å². The molecular weight excluding hydrogens is 390 g/mol. The van der Waals surface area contributed by atoms with E-state index in [0.717, 1.165) is 6.26 Å². The summed E-state index contributed by atoms with van der Waals surface area (Å²) in [5.41, 5.74) is 1.06. The molecule has 2 N–H and O–H groups in total. The summed E-state index contributed by atoms with van der Waals surface area (Å²) in [5.74, 6) is -2.52. The summed E-state index contributed by atoms with van der Waals surface area (Å²) in [7, 11) is -2.99. The molecule has 0 aliphatic rings. The molecule has 0 radical (unpaired) electrons. The Labute approximate surface area is 160 Å². The Morgan fingerprint density at radius 1 is 0.963 bits per heavy atom. The largest absolute Gasteiger partial charge is 0.480 e. The van der Waals surface area contributed by atoms with Gasteiger partial charge in [-0.15, -0.1) is 0 Å². The van der Waals surface area contributed by atoms with Crippen LogP contribution in [0.15, 0.2) is 54.6 Å². The van der Waals surface area contributed by atoms with Crippen LogP contribution in [0.5, 0.6) is 0 Å². The minimum Gasteiger partial charge on any atom is -0.480 e. The molecule has 0 fully saturated rings. The maximum absolute atomic E-state index is 12.3. The fraction of sp³-hybridized carbons (Fsp3) is 0.167. The van der Waals surface area contributed by atoms with Gasteiger partial charge in [0, 0.05) is 28.7 Å². The Kier molecular flexibility index (Phi) is 6.75. The van der Waals surface area contributed by atoms with Crippen molar-refractivity contribution in [2.24, 2.45) is 0 Å². The van der Waals surface area contributed by atoms with Crippen LogP contribution in [0.25, 0.3) is 0 Å². The first kappa shape index (κ1) is 20.7. The van der Waals surface area contributed by atoms with E-state index in [1.165, 1.54) is 24.3 Å². The van der Waals surface area contributed by atoms with Crippen LogP contribution in [0.2, 0.25) is 0 Å². The lowest BCUT2D eigenvalue weighted by atomic mass is 10.0. The molecule has 0 aromatic heterocycles. The molecule has 7 nitrogen and oxygen atoms in total. The molecule has 27 heavy (non-hydrogen) atoms. The van der Waals surface area contributed by atoms with E-state index >= 15 is 0 Å². The van der Waals surface area contributed by atoms with E-state index in [2.05, 4.69) is 5.32 Å². The number of aliphatic carboxylic acids is 1. The third-order valence-corrected chi connectivity index (χ3v) is 6.09. The van der Waals surface area contributed by atoms with Crippen LogP contribution in [-0.4, -0.2) is 49.2 Å². The molecule has 9 heteroatoms. The third kappa shape index (κ3) is 6.22. The molecule has 1 unspecified atom stereocenters. The molecule has 0 saturated heterocycles. The predicted octanol–water partition coefficient (Wildman–Crippen LogP) is 1.79. The summed E-state index contributed by atoms with van der Waals surface area (Å²) >= 11 is 0. The Balaban J connectivity index is 2.08. The monoisotopic (exact) mass is 407 g/mol. The Morgan fingerprint density at radius 2 is 1.48 bits per heavy atom. The molecule has 0 aliphatic heterocycles. The molecule has 1 amide bonds. The molecular formula is C18H17NO6S2. The van der Waals surface area contributed by atoms with Crippen molar-refractivity contribution in [3.05, 3.63) is 71.3 Å². The highest BCUT2D eigenvalue weighted by molar-refractivity contribution is 8.71. The van der Waals surface area contributed by atoms with Gasteiger partial charge >= 0.3 is 5.97 Å². The zero-order valence-electron chi connectivity index (χ0n) is 14.3. The zero-order chi connectivity index (χ0) is 20.0. The Hall–Kier alpha value is -2.65. The van der Waals surface area contributed by atoms with Gasteiger partial charge in [0.25, 0.3) is 5.91 Å². The van der Waals surface area contributed by atoms with Gasteiger partial charge in [-0.2, -0.15) is 0 Å². The Bertz CT molecular complexity index is 940. The molecule has 0 aliphatic carbocycles. The maximum Gasteiger partial charge on any atom is 0.327 e. The Morgan fingerprint density at radius 3 is 2.00 bits per heavy atom. The molecule has 2 aromatic rings. The average Bonchev–Trinajstić information content (AvgIpc) is 2.64. The van der Waals surface area contributed by atoms with Crippen molar-refractivity contribution in [3.63, 3.8) is 0 Å². The molecule has 0 saturated carbocycles. The van der Waals surface area contributed by atoms with Crippen LogP contribution < -0.4 is 5.32 Å². The minimum atomic E-state index is -3.43. The van der Waals surface area contributed by atoms with Crippen molar-refractivity contribution in [2.45, 2.75) is 6.04 Å². The number of hydrogen-bond acceptors (Lipinski definition) is 6. The van der Waals surface area contributed by atoms with Gasteiger partial charge in [0.05, 0.1) is 0 Å². The van der Waals surface area contributed by atoms with Gasteiger partial charge in [-0.1, -0.05) is 42.5 Å². The second-order valence-electron chi connectivity index (χ2n) is 5.63. The lowest BCUT2D eigenvalue weighted by Gasteiger charge is -2.13. The van der Waals surface area contributed by atoms with E-state index in [1.54, 1.807) is 30.3 Å². The fourth-order valence-electron chi connectivity index (χ4n) is 2.14. The molecule has 0 heterocycles. The van der Waals surface area contributed by atoms with Crippen molar-refractivity contribution < 1.29 is 27.9 Å². The summed E-state index contributed by atoms with van der Waals surface area (Å²) in [6.07, 6.45) is 0.959. The highest BCUT2D eigenvalue weighted by atomic mass is 33.1. The van der Waals surface area contributed by atoms with Gasteiger partial charge in [-0.3, -0.25) is 9.59 Å². The van der Waals surface area contributed by atoms with Gasteiger partial charge in [-0.05, 0) is 22.9 Å². The van der Waals surface area contributed by atoms with Crippen molar-refractivity contribution in [2.75, 3.05) is 12.0 Å². The molecule has 0 bridgehead atoms. The summed E-state index contributed by atoms with van der Waals surface area (Å²) in [4.78, 5) is 35.8. The van der Waals surface area contributed by atoms with Crippen LogP contribution in [0.1, 0.15) is 26.3 Å². The highest BCUT2D eigenvalue weighted by Crippen LogP contribution is 2.13. The first-order valence-electron chi connectivity index (χ1n) is 7.75. The first-order valence-corrected chi connectivity index (χ1v) is 11.1. The van der Waals surface area contributed by atoms with Crippen molar-refractivity contribution in [1.29, 1.82) is 0 Å². The van der Waals surface area contributed by atoms with Crippen LogP contribution in [0, 0.1) is 0 Å². The summed E-state index contributed by atoms with van der Waals surface area (Å²) in [6.45, 7) is 0. The number of carbonyl (C=O) groups excluding carboxylic acids is 2. The maximum atomic E-state index is 12.3. The lowest BCUT2D eigenvalue weighted by molar-refractivity contribution is -0.138. The minimum absolute atomic E-state index is 0.162. The van der Waals surface area contributed by atoms with E-state index in [4.69, 9.17) is 5.11 Å². The van der Waals surface area contributed by atoms with Gasteiger partial charge in [-0.25, -0.2) is 13.2 Å². The molecule has 2 rings (SSSR count). The number of benzene rings is 2. The van der Waals surface area contributed by atoms with Crippen molar-refractivity contribution in [1.82, 2.24) is 5.32 Å². The van der Waals surface area contributed by atoms with E-state index < -0.39 is 26.8 Å². The number of hydrogen-bond donors (Lipinski definition) is 2. The molecule has 2 aromatic carbocycles. The third-order valence-electron chi connectivity index (χ3n) is 3.50. The summed E-state index contributed by atoms with van der Waals surface area (Å²) in [6, 6.07) is 13.1. The van der Waals surface area contributed by atoms with Crippen molar-refractivity contribution in [3.8, 4) is 0 Å². The number of carbonyl (C=O) groups is 3. The van der Waals surface area contributed by atoms with E-state index in [-0.39, 0.29) is 17.1 Å². The van der Waals surface area contributed by atoms with E-state index in [9.17, 15) is 22.8 Å². The fourth-order valence-corrected chi connectivity index (χ4v) is 3.90. The number of carboxylic acids is 1. The van der Waals surface area contributed by atoms with Gasteiger partial charge in [0.2, 0.25) is 0 Å². The molecule has 0 spiro atoms. The number of amides is 1. The van der Waals surface area contributed by atoms with E-state index in [1.807, 2.05) is 0 Å². The van der Waals surface area contributed by atoms with Crippen LogP contribution in [0.4, 0.5) is 0 Å². The molecule has 1 atom stereocenters. The average molecular weight is 407 g/mol. The number of carboxylic acid groups (broad SMARTS) is 1. The molecule has 142 valence electrons. The van der Waals surface area contributed by atoms with Gasteiger partial charge in [0.15, 0.2) is 14.7 Å². The number of nitrogens with one attached hydrogen (secondary N) is 1. The smallest absolute Gasteiger partial charge is 0.327 e. The second kappa shape index (κ2) is 8.83. The quantitative estimate of drug-likeness (QED) is 0.506. The van der Waals surface area contributed by atoms with Crippen LogP contribution in [-0.2, 0) is 13.7 Å².